The molecule has 3 aromatic carbocycles. The van der Waals surface area contributed by atoms with Gasteiger partial charge in [0.15, 0.2) is 14.4 Å². The molecule has 0 saturated carbocycles. The molecular weight excluding hydrogens is 652 g/mol. The molecule has 4 aromatic rings. The van der Waals surface area contributed by atoms with Crippen LogP contribution >= 0.6 is 0 Å². The van der Waals surface area contributed by atoms with Crippen LogP contribution in [0.15, 0.2) is 108 Å². The number of carbonyl (C=O) groups is 2. The van der Waals surface area contributed by atoms with Gasteiger partial charge in [0.25, 0.3) is 5.56 Å². The second-order valence-electron chi connectivity index (χ2n) is 13.3. The Morgan fingerprint density at radius 1 is 0.816 bits per heavy atom. The van der Waals surface area contributed by atoms with Gasteiger partial charge in [-0.15, -0.1) is 0 Å². The monoisotopic (exact) mass is 693 g/mol. The summed E-state index contributed by atoms with van der Waals surface area (Å²) < 4.78 is 56.7. The number of hydrogen-bond donors (Lipinski definition) is 2. The first-order chi connectivity index (χ1) is 23.0. The van der Waals surface area contributed by atoms with Gasteiger partial charge in [-0.05, 0) is 53.4 Å². The van der Waals surface area contributed by atoms with Gasteiger partial charge < -0.3 is 14.5 Å². The van der Waals surface area contributed by atoms with Crippen molar-refractivity contribution < 1.29 is 31.9 Å². The van der Waals surface area contributed by atoms with E-state index < -0.39 is 55.8 Å². The first kappa shape index (κ1) is 37.1. The smallest absolute Gasteiger partial charge is 0.415 e. The number of rotatable bonds is 12. The number of amides is 2. The maximum absolute atomic E-state index is 14.8. The molecule has 4 rings (SSSR count). The van der Waals surface area contributed by atoms with Crippen LogP contribution < -0.4 is 16.2 Å². The molecule has 12 heteroatoms. The Balaban J connectivity index is 1.66. The highest BCUT2D eigenvalue weighted by atomic mass is 28.4. The van der Waals surface area contributed by atoms with Crippen molar-refractivity contribution in [2.75, 3.05) is 5.32 Å². The summed E-state index contributed by atoms with van der Waals surface area (Å²) in [4.78, 5) is 40.2. The van der Waals surface area contributed by atoms with Crippen molar-refractivity contribution in [3.05, 3.63) is 125 Å². The van der Waals surface area contributed by atoms with Crippen molar-refractivity contribution in [1.29, 1.82) is 0 Å². The normalized spacial score (nSPS) is 13.3. The summed E-state index contributed by atoms with van der Waals surface area (Å²) in [7, 11) is -2.98. The van der Waals surface area contributed by atoms with Crippen molar-refractivity contribution in [2.45, 2.75) is 76.8 Å². The molecule has 0 bridgehead atoms. The van der Waals surface area contributed by atoms with Crippen LogP contribution in [-0.2, 0) is 33.5 Å². The fourth-order valence-corrected chi connectivity index (χ4v) is 6.22. The predicted octanol–water partition coefficient (Wildman–Crippen LogP) is 7.94. The van der Waals surface area contributed by atoms with E-state index in [1.54, 1.807) is 104 Å². The summed E-state index contributed by atoms with van der Waals surface area (Å²) in [6.07, 6.45) is -8.17. The van der Waals surface area contributed by atoms with Gasteiger partial charge in [0.2, 0.25) is 5.91 Å². The average Bonchev–Trinajstić information content (AvgIpc) is 3.04. The molecule has 0 radical (unpaired) electrons. The molecule has 2 unspecified atom stereocenters. The Morgan fingerprint density at radius 2 is 1.37 bits per heavy atom. The highest BCUT2D eigenvalue weighted by Crippen LogP contribution is 2.40. The van der Waals surface area contributed by atoms with Gasteiger partial charge in [-0.2, -0.15) is 13.2 Å². The number of ether oxygens (including phenoxy) is 1. The quantitative estimate of drug-likeness (QED) is 0.147. The lowest BCUT2D eigenvalue weighted by atomic mass is 10.0. The Morgan fingerprint density at radius 3 is 1.92 bits per heavy atom. The zero-order valence-corrected chi connectivity index (χ0v) is 29.2. The zero-order valence-electron chi connectivity index (χ0n) is 28.2. The molecule has 1 aromatic heterocycles. The average molecular weight is 694 g/mol. The highest BCUT2D eigenvalue weighted by molar-refractivity contribution is 6.74. The summed E-state index contributed by atoms with van der Waals surface area (Å²) >= 11 is 0. The molecule has 260 valence electrons. The molecule has 0 aliphatic heterocycles. The lowest BCUT2D eigenvalue weighted by molar-refractivity contribution is -0.206. The van der Waals surface area contributed by atoms with Crippen LogP contribution in [0.4, 0.5) is 23.7 Å². The minimum atomic E-state index is -4.81. The van der Waals surface area contributed by atoms with Crippen molar-refractivity contribution in [2.24, 2.45) is 0 Å². The van der Waals surface area contributed by atoms with Gasteiger partial charge >= 0.3 is 12.3 Å². The van der Waals surface area contributed by atoms with E-state index in [2.05, 4.69) is 10.6 Å². The van der Waals surface area contributed by atoms with Crippen LogP contribution in [0.2, 0.25) is 18.1 Å². The van der Waals surface area contributed by atoms with Crippen molar-refractivity contribution in [3.63, 3.8) is 0 Å². The third-order valence-corrected chi connectivity index (χ3v) is 13.0. The van der Waals surface area contributed by atoms with E-state index in [0.29, 0.717) is 16.8 Å². The maximum atomic E-state index is 14.8. The number of alkyl halides is 3. The predicted molar refractivity (Wildman–Crippen MR) is 187 cm³/mol. The minimum absolute atomic E-state index is 0.0362. The van der Waals surface area contributed by atoms with Crippen molar-refractivity contribution in [1.82, 2.24) is 9.88 Å². The Hall–Kier alpha value is -4.68. The molecular formula is C37H42F3N3O5Si. The van der Waals surface area contributed by atoms with Gasteiger partial charge in [0, 0.05) is 0 Å². The third-order valence-electron chi connectivity index (χ3n) is 8.56. The van der Waals surface area contributed by atoms with Gasteiger partial charge in [-0.3, -0.25) is 19.5 Å². The lowest BCUT2D eigenvalue weighted by Crippen LogP contribution is -2.58. The topological polar surface area (TPSA) is 98.7 Å². The highest BCUT2D eigenvalue weighted by Gasteiger charge is 2.51. The summed E-state index contributed by atoms with van der Waals surface area (Å²) in [5.41, 5.74) is 1.32. The number of halogens is 3. The standard InChI is InChI=1S/C37H42F3N3O5Si/c1-36(2,3)49(4,5)48-33(37(38,39)40)30(23-26-15-9-6-10-16-26)41-32(44)24-43-31(28-19-13-8-14-20-28)22-21-29(34(43)45)42-35(46)47-25-27-17-11-7-12-18-27/h6-22,30,33H,23-25H2,1-5H3,(H,41,44)(H,42,46). The number of anilines is 1. The molecule has 0 fully saturated rings. The van der Waals surface area contributed by atoms with Crippen LogP contribution in [0.1, 0.15) is 31.9 Å². The van der Waals surface area contributed by atoms with Crippen molar-refractivity contribution >= 4 is 26.0 Å². The van der Waals surface area contributed by atoms with E-state index in [1.807, 2.05) is 26.8 Å². The van der Waals surface area contributed by atoms with E-state index in [0.717, 1.165) is 10.1 Å². The minimum Gasteiger partial charge on any atom is -0.444 e. The lowest BCUT2D eigenvalue weighted by Gasteiger charge is -2.42. The van der Waals surface area contributed by atoms with E-state index in [1.165, 1.54) is 6.07 Å². The van der Waals surface area contributed by atoms with E-state index in [4.69, 9.17) is 9.16 Å². The molecule has 0 spiro atoms. The van der Waals surface area contributed by atoms with Crippen LogP contribution in [-0.4, -0.2) is 43.2 Å². The fourth-order valence-electron chi connectivity index (χ4n) is 4.93. The van der Waals surface area contributed by atoms with Crippen molar-refractivity contribution in [3.8, 4) is 11.3 Å². The molecule has 1 heterocycles. The number of hydrogen-bond acceptors (Lipinski definition) is 5. The fraction of sp³-hybridized carbons (Fsp3) is 0.324. The largest absolute Gasteiger partial charge is 0.444 e. The first-order valence-corrected chi connectivity index (χ1v) is 18.8. The number of carbonyl (C=O) groups excluding carboxylic acids is 2. The van der Waals surface area contributed by atoms with Crippen LogP contribution in [0.5, 0.6) is 0 Å². The number of pyridine rings is 1. The Bertz CT molecular complexity index is 1760. The SMILES string of the molecule is CC(C)(C)[Si](C)(C)OC(C(Cc1ccccc1)NC(=O)Cn1c(-c2ccccc2)ccc(NC(=O)OCc2ccccc2)c1=O)C(F)(F)F. The van der Waals surface area contributed by atoms with E-state index in [9.17, 15) is 27.6 Å². The second kappa shape index (κ2) is 15.7. The molecule has 0 saturated heterocycles. The molecule has 2 atom stereocenters. The second-order valence-corrected chi connectivity index (χ2v) is 18.0. The van der Waals surface area contributed by atoms with Crippen LogP contribution in [0.25, 0.3) is 11.3 Å². The third kappa shape index (κ3) is 10.2. The molecule has 0 aliphatic carbocycles. The van der Waals surface area contributed by atoms with Gasteiger partial charge in [0.05, 0.1) is 11.7 Å². The molecule has 2 amide bonds. The van der Waals surface area contributed by atoms with Crippen LogP contribution in [0.3, 0.4) is 0 Å². The van der Waals surface area contributed by atoms with Crippen LogP contribution in [0, 0.1) is 0 Å². The Labute approximate surface area is 285 Å². The molecule has 0 aliphatic rings. The maximum Gasteiger partial charge on any atom is 0.415 e. The van der Waals surface area contributed by atoms with Gasteiger partial charge in [0.1, 0.15) is 18.8 Å². The van der Waals surface area contributed by atoms with E-state index in [-0.39, 0.29) is 18.7 Å². The first-order valence-electron chi connectivity index (χ1n) is 15.9. The number of nitrogens with zero attached hydrogens (tertiary/aromatic N) is 1. The van der Waals surface area contributed by atoms with Gasteiger partial charge in [-0.25, -0.2) is 4.79 Å². The summed E-state index contributed by atoms with van der Waals surface area (Å²) in [6.45, 7) is 8.30. The number of benzene rings is 3. The van der Waals surface area contributed by atoms with E-state index >= 15 is 0 Å². The summed E-state index contributed by atoms with van der Waals surface area (Å²) in [5, 5.41) is 4.46. The number of nitrogens with one attached hydrogen (secondary N) is 2. The number of aromatic nitrogens is 1. The zero-order chi connectivity index (χ0) is 35.8. The Kier molecular flexibility index (Phi) is 11.9. The molecule has 8 nitrogen and oxygen atoms in total. The van der Waals surface area contributed by atoms with Gasteiger partial charge in [-0.1, -0.05) is 112 Å². The summed E-state index contributed by atoms with van der Waals surface area (Å²) in [5.74, 6) is -0.836. The molecule has 2 N–H and O–H groups in total. The molecule has 49 heavy (non-hydrogen) atoms. The summed E-state index contributed by atoms with van der Waals surface area (Å²) in [6, 6.07) is 27.7.